The van der Waals surface area contributed by atoms with E-state index in [0.29, 0.717) is 12.3 Å². The van der Waals surface area contributed by atoms with Crippen LogP contribution in [0.1, 0.15) is 12.0 Å². The number of nitrogens with zero attached hydrogens (tertiary/aromatic N) is 1. The van der Waals surface area contributed by atoms with E-state index in [1.165, 1.54) is 0 Å². The lowest BCUT2D eigenvalue weighted by atomic mass is 9.96. The highest BCUT2D eigenvalue weighted by molar-refractivity contribution is 5.67. The van der Waals surface area contributed by atoms with Crippen molar-refractivity contribution >= 4 is 5.97 Å². The molecule has 4 nitrogen and oxygen atoms in total. The Kier molecular flexibility index (Phi) is 2.54. The lowest BCUT2D eigenvalue weighted by Crippen LogP contribution is -2.46. The van der Waals surface area contributed by atoms with E-state index >= 15 is 0 Å². The van der Waals surface area contributed by atoms with Gasteiger partial charge in [0.1, 0.15) is 0 Å². The van der Waals surface area contributed by atoms with E-state index in [0.717, 1.165) is 25.2 Å². The fraction of sp³-hybridized carbons (Fsp3) is 0.500. The van der Waals surface area contributed by atoms with E-state index < -0.39 is 5.97 Å². The molecule has 0 amide bonds. The molecule has 1 aliphatic heterocycles. The van der Waals surface area contributed by atoms with Crippen molar-refractivity contribution in [3.05, 3.63) is 24.2 Å². The van der Waals surface area contributed by atoms with Gasteiger partial charge in [0.15, 0.2) is 0 Å². The van der Waals surface area contributed by atoms with Gasteiger partial charge in [-0.05, 0) is 12.0 Å². The van der Waals surface area contributed by atoms with Crippen molar-refractivity contribution in [1.82, 2.24) is 4.90 Å². The van der Waals surface area contributed by atoms with Gasteiger partial charge in [-0.1, -0.05) is 0 Å². The van der Waals surface area contributed by atoms with Crippen molar-refractivity contribution in [2.45, 2.75) is 13.0 Å². The highest BCUT2D eigenvalue weighted by Gasteiger charge is 2.28. The maximum absolute atomic E-state index is 10.4. The summed E-state index contributed by atoms with van der Waals surface area (Å²) in [6.07, 6.45) is 3.68. The minimum atomic E-state index is -0.696. The average molecular weight is 195 g/mol. The zero-order valence-electron chi connectivity index (χ0n) is 7.85. The summed E-state index contributed by atoms with van der Waals surface area (Å²) in [5.74, 6) is -0.364. The molecule has 2 rings (SSSR count). The summed E-state index contributed by atoms with van der Waals surface area (Å²) in [6, 6.07) is 1.94. The first-order valence-corrected chi connectivity index (χ1v) is 4.69. The monoisotopic (exact) mass is 195 g/mol. The van der Waals surface area contributed by atoms with Crippen LogP contribution in [0, 0.1) is 5.92 Å². The number of carbonyl (C=O) groups is 1. The molecular weight excluding hydrogens is 182 g/mol. The SMILES string of the molecule is O=C(O)CC1CN(Cc2ccoc2)C1. The van der Waals surface area contributed by atoms with Crippen molar-refractivity contribution in [1.29, 1.82) is 0 Å². The van der Waals surface area contributed by atoms with Crippen LogP contribution in [0.3, 0.4) is 0 Å². The van der Waals surface area contributed by atoms with Crippen molar-refractivity contribution < 1.29 is 14.3 Å². The van der Waals surface area contributed by atoms with Crippen LogP contribution in [0.5, 0.6) is 0 Å². The van der Waals surface area contributed by atoms with Crippen molar-refractivity contribution in [2.24, 2.45) is 5.92 Å². The number of rotatable bonds is 4. The van der Waals surface area contributed by atoms with Gasteiger partial charge < -0.3 is 9.52 Å². The molecule has 0 aromatic carbocycles. The van der Waals surface area contributed by atoms with Crippen molar-refractivity contribution in [2.75, 3.05) is 13.1 Å². The predicted octanol–water partition coefficient (Wildman–Crippen LogP) is 1.19. The number of carboxylic acid groups (broad SMARTS) is 1. The average Bonchev–Trinajstić information content (AvgIpc) is 2.52. The van der Waals surface area contributed by atoms with Gasteiger partial charge in [-0.2, -0.15) is 0 Å². The maximum Gasteiger partial charge on any atom is 0.303 e. The summed E-state index contributed by atoms with van der Waals surface area (Å²) < 4.78 is 4.95. The maximum atomic E-state index is 10.4. The van der Waals surface area contributed by atoms with Gasteiger partial charge in [-0.15, -0.1) is 0 Å². The minimum absolute atomic E-state index is 0.294. The molecule has 1 N–H and O–H groups in total. The van der Waals surface area contributed by atoms with E-state index in [2.05, 4.69) is 4.90 Å². The molecule has 0 aliphatic carbocycles. The Bertz CT molecular complexity index is 301. The van der Waals surface area contributed by atoms with Crippen LogP contribution in [0.15, 0.2) is 23.0 Å². The third-order valence-electron chi connectivity index (χ3n) is 2.48. The number of likely N-dealkylation sites (tertiary alicyclic amines) is 1. The first kappa shape index (κ1) is 9.27. The normalized spacial score (nSPS) is 18.0. The Hall–Kier alpha value is -1.29. The van der Waals surface area contributed by atoms with E-state index in [-0.39, 0.29) is 0 Å². The van der Waals surface area contributed by atoms with Gasteiger partial charge in [0.2, 0.25) is 0 Å². The van der Waals surface area contributed by atoms with E-state index in [1.807, 2.05) is 6.07 Å². The molecule has 1 aromatic heterocycles. The molecule has 0 spiro atoms. The van der Waals surface area contributed by atoms with Gasteiger partial charge in [-0.25, -0.2) is 0 Å². The van der Waals surface area contributed by atoms with Gasteiger partial charge in [0.25, 0.3) is 0 Å². The second-order valence-electron chi connectivity index (χ2n) is 3.79. The van der Waals surface area contributed by atoms with Gasteiger partial charge in [-0.3, -0.25) is 9.69 Å². The third kappa shape index (κ3) is 2.14. The zero-order valence-corrected chi connectivity index (χ0v) is 7.85. The summed E-state index contributed by atoms with van der Waals surface area (Å²) in [7, 11) is 0. The summed E-state index contributed by atoms with van der Waals surface area (Å²) in [6.45, 7) is 2.64. The Balaban J connectivity index is 1.71. The van der Waals surface area contributed by atoms with Crippen molar-refractivity contribution in [3.8, 4) is 0 Å². The summed E-state index contributed by atoms with van der Waals surface area (Å²) in [5, 5.41) is 8.56. The number of carboxylic acids is 1. The highest BCUT2D eigenvalue weighted by atomic mass is 16.4. The zero-order chi connectivity index (χ0) is 9.97. The van der Waals surface area contributed by atoms with Crippen molar-refractivity contribution in [3.63, 3.8) is 0 Å². The smallest absolute Gasteiger partial charge is 0.303 e. The van der Waals surface area contributed by atoms with Gasteiger partial charge in [0.05, 0.1) is 18.9 Å². The number of hydrogen-bond donors (Lipinski definition) is 1. The lowest BCUT2D eigenvalue weighted by Gasteiger charge is -2.38. The molecule has 14 heavy (non-hydrogen) atoms. The van der Waals surface area contributed by atoms with Gasteiger partial charge >= 0.3 is 5.97 Å². The van der Waals surface area contributed by atoms with E-state index in [9.17, 15) is 4.79 Å². The first-order valence-electron chi connectivity index (χ1n) is 4.69. The molecule has 1 aromatic rings. The summed E-state index contributed by atoms with van der Waals surface area (Å²) >= 11 is 0. The Morgan fingerprint density at radius 3 is 3.00 bits per heavy atom. The van der Waals surface area contributed by atoms with E-state index in [4.69, 9.17) is 9.52 Å². The lowest BCUT2D eigenvalue weighted by molar-refractivity contribution is -0.139. The van der Waals surface area contributed by atoms with Crippen LogP contribution in [0.25, 0.3) is 0 Å². The molecule has 0 saturated carbocycles. The molecule has 0 radical (unpaired) electrons. The largest absolute Gasteiger partial charge is 0.481 e. The first-order chi connectivity index (χ1) is 6.74. The summed E-state index contributed by atoms with van der Waals surface area (Å²) in [4.78, 5) is 12.6. The fourth-order valence-corrected chi connectivity index (χ4v) is 1.82. The number of aliphatic carboxylic acids is 1. The Labute approximate surface area is 82.1 Å². The molecule has 0 unspecified atom stereocenters. The van der Waals surface area contributed by atoms with Crippen LogP contribution in [-0.2, 0) is 11.3 Å². The third-order valence-corrected chi connectivity index (χ3v) is 2.48. The standard InChI is InChI=1S/C10H13NO3/c12-10(13)3-9-5-11(6-9)4-8-1-2-14-7-8/h1-2,7,9H,3-6H2,(H,12,13). The molecule has 1 fully saturated rings. The van der Waals surface area contributed by atoms with Crippen LogP contribution < -0.4 is 0 Å². The quantitative estimate of drug-likeness (QED) is 0.784. The van der Waals surface area contributed by atoms with Crippen LogP contribution in [-0.4, -0.2) is 29.1 Å². The Morgan fingerprint density at radius 1 is 1.64 bits per heavy atom. The number of furan rings is 1. The van der Waals surface area contributed by atoms with Gasteiger partial charge in [0, 0.05) is 25.2 Å². The fourth-order valence-electron chi connectivity index (χ4n) is 1.82. The second-order valence-corrected chi connectivity index (χ2v) is 3.79. The number of hydrogen-bond acceptors (Lipinski definition) is 3. The molecule has 2 heterocycles. The molecule has 4 heteroatoms. The predicted molar refractivity (Wildman–Crippen MR) is 49.7 cm³/mol. The van der Waals surface area contributed by atoms with E-state index in [1.54, 1.807) is 12.5 Å². The molecule has 0 bridgehead atoms. The molecular formula is C10H13NO3. The molecule has 76 valence electrons. The second kappa shape index (κ2) is 3.84. The van der Waals surface area contributed by atoms with Crippen LogP contribution >= 0.6 is 0 Å². The summed E-state index contributed by atoms with van der Waals surface area (Å²) in [5.41, 5.74) is 1.15. The molecule has 1 saturated heterocycles. The molecule has 0 atom stereocenters. The molecule has 1 aliphatic rings. The van der Waals surface area contributed by atoms with Crippen LogP contribution in [0.2, 0.25) is 0 Å². The topological polar surface area (TPSA) is 53.7 Å². The highest BCUT2D eigenvalue weighted by Crippen LogP contribution is 2.21. The van der Waals surface area contributed by atoms with Crippen LogP contribution in [0.4, 0.5) is 0 Å². The Morgan fingerprint density at radius 2 is 2.43 bits per heavy atom. The minimum Gasteiger partial charge on any atom is -0.481 e.